The van der Waals surface area contributed by atoms with E-state index in [0.29, 0.717) is 32.5 Å². The molecule has 1 N–H and O–H groups in total. The SMILES string of the molecule is O=S(=O)(CCNc1ncc(C(F)(F)F)cc1Cl)N1CCOCC1. The van der Waals surface area contributed by atoms with Gasteiger partial charge in [-0.2, -0.15) is 17.5 Å². The highest BCUT2D eigenvalue weighted by Gasteiger charge is 2.31. The van der Waals surface area contributed by atoms with Crippen LogP contribution in [-0.2, 0) is 20.9 Å². The fraction of sp³-hybridized carbons (Fsp3) is 0.583. The van der Waals surface area contributed by atoms with Gasteiger partial charge in [-0.3, -0.25) is 0 Å². The first-order valence-electron chi connectivity index (χ1n) is 6.72. The van der Waals surface area contributed by atoms with Gasteiger partial charge in [-0.1, -0.05) is 11.6 Å². The second kappa shape index (κ2) is 7.20. The van der Waals surface area contributed by atoms with Crippen molar-refractivity contribution in [3.63, 3.8) is 0 Å². The molecule has 0 aromatic carbocycles. The molecule has 0 spiro atoms. The van der Waals surface area contributed by atoms with Crippen molar-refractivity contribution < 1.29 is 26.3 Å². The fourth-order valence-electron chi connectivity index (χ4n) is 1.98. The largest absolute Gasteiger partial charge is 0.417 e. The highest BCUT2D eigenvalue weighted by molar-refractivity contribution is 7.89. The van der Waals surface area contributed by atoms with Crippen LogP contribution in [0.1, 0.15) is 5.56 Å². The van der Waals surface area contributed by atoms with E-state index >= 15 is 0 Å². The van der Waals surface area contributed by atoms with Crippen LogP contribution >= 0.6 is 11.6 Å². The molecular formula is C12H15ClF3N3O3S. The third-order valence-electron chi connectivity index (χ3n) is 3.18. The number of pyridine rings is 1. The Kier molecular flexibility index (Phi) is 5.71. The standard InChI is InChI=1S/C12H15ClF3N3O3S/c13-10-7-9(12(14,15)16)8-18-11(10)17-1-6-23(20,21)19-2-4-22-5-3-19/h7-8H,1-6H2,(H,17,18). The second-order valence-electron chi connectivity index (χ2n) is 4.81. The number of nitrogens with zero attached hydrogens (tertiary/aromatic N) is 2. The Labute approximate surface area is 136 Å². The molecule has 1 aliphatic heterocycles. The van der Waals surface area contributed by atoms with Crippen LogP contribution < -0.4 is 5.32 Å². The van der Waals surface area contributed by atoms with Gasteiger partial charge >= 0.3 is 6.18 Å². The minimum atomic E-state index is -4.53. The minimum Gasteiger partial charge on any atom is -0.379 e. The van der Waals surface area contributed by atoms with E-state index in [1.807, 2.05) is 0 Å². The van der Waals surface area contributed by atoms with E-state index in [9.17, 15) is 21.6 Å². The third-order valence-corrected chi connectivity index (χ3v) is 5.34. The Morgan fingerprint density at radius 1 is 1.35 bits per heavy atom. The number of rotatable bonds is 5. The summed E-state index contributed by atoms with van der Waals surface area (Å²) in [6.07, 6.45) is -3.89. The monoisotopic (exact) mass is 373 g/mol. The van der Waals surface area contributed by atoms with Gasteiger partial charge in [-0.15, -0.1) is 0 Å². The molecule has 1 aromatic rings. The van der Waals surface area contributed by atoms with E-state index in [1.54, 1.807) is 0 Å². The van der Waals surface area contributed by atoms with Crippen molar-refractivity contribution >= 4 is 27.4 Å². The summed E-state index contributed by atoms with van der Waals surface area (Å²) in [4.78, 5) is 3.59. The van der Waals surface area contributed by atoms with E-state index in [-0.39, 0.29) is 23.1 Å². The highest BCUT2D eigenvalue weighted by Crippen LogP contribution is 2.32. The van der Waals surface area contributed by atoms with Crippen molar-refractivity contribution in [3.05, 3.63) is 22.8 Å². The molecule has 130 valence electrons. The molecule has 0 aliphatic carbocycles. The normalized spacial score (nSPS) is 17.2. The Bertz CT molecular complexity index is 649. The van der Waals surface area contributed by atoms with E-state index in [1.165, 1.54) is 4.31 Å². The molecule has 0 bridgehead atoms. The van der Waals surface area contributed by atoms with Gasteiger partial charge in [0.1, 0.15) is 5.82 Å². The number of hydrogen-bond acceptors (Lipinski definition) is 5. The zero-order valence-electron chi connectivity index (χ0n) is 11.9. The number of ether oxygens (including phenoxy) is 1. The van der Waals surface area contributed by atoms with Gasteiger partial charge in [0.2, 0.25) is 10.0 Å². The van der Waals surface area contributed by atoms with Crippen LogP contribution in [0.4, 0.5) is 19.0 Å². The first-order valence-corrected chi connectivity index (χ1v) is 8.71. The van der Waals surface area contributed by atoms with Gasteiger partial charge in [0.25, 0.3) is 0 Å². The highest BCUT2D eigenvalue weighted by atomic mass is 35.5. The number of morpholine rings is 1. The number of alkyl halides is 3. The number of hydrogen-bond donors (Lipinski definition) is 1. The quantitative estimate of drug-likeness (QED) is 0.852. The summed E-state index contributed by atoms with van der Waals surface area (Å²) in [7, 11) is -3.46. The average molecular weight is 374 g/mol. The van der Waals surface area contributed by atoms with Crippen LogP contribution in [0.5, 0.6) is 0 Å². The first-order chi connectivity index (χ1) is 10.7. The number of nitrogens with one attached hydrogen (secondary N) is 1. The number of anilines is 1. The van der Waals surface area contributed by atoms with Gasteiger partial charge in [0, 0.05) is 25.8 Å². The lowest BCUT2D eigenvalue weighted by atomic mass is 10.3. The van der Waals surface area contributed by atoms with Crippen LogP contribution in [-0.4, -0.2) is 56.3 Å². The Morgan fingerprint density at radius 3 is 2.57 bits per heavy atom. The molecule has 1 aliphatic rings. The van der Waals surface area contributed by atoms with E-state index in [2.05, 4.69) is 10.3 Å². The zero-order chi connectivity index (χ0) is 17.1. The van der Waals surface area contributed by atoms with Gasteiger partial charge in [-0.05, 0) is 6.07 Å². The van der Waals surface area contributed by atoms with Crippen molar-refractivity contribution in [2.45, 2.75) is 6.18 Å². The van der Waals surface area contributed by atoms with Crippen molar-refractivity contribution in [2.75, 3.05) is 43.9 Å². The van der Waals surface area contributed by atoms with Crippen molar-refractivity contribution in [3.8, 4) is 0 Å². The Hall–Kier alpha value is -1.10. The number of aromatic nitrogens is 1. The second-order valence-corrected chi connectivity index (χ2v) is 7.30. The predicted octanol–water partition coefficient (Wildman–Crippen LogP) is 1.83. The lowest BCUT2D eigenvalue weighted by Gasteiger charge is -2.26. The third kappa shape index (κ3) is 4.93. The summed E-state index contributed by atoms with van der Waals surface area (Å²) < 4.78 is 68.0. The van der Waals surface area contributed by atoms with E-state index in [0.717, 1.165) is 6.07 Å². The summed E-state index contributed by atoms with van der Waals surface area (Å²) in [6.45, 7) is 1.26. The number of sulfonamides is 1. The summed E-state index contributed by atoms with van der Waals surface area (Å²) in [5.41, 5.74) is -0.964. The van der Waals surface area contributed by atoms with Crippen LogP contribution in [0.3, 0.4) is 0 Å². The molecule has 1 aromatic heterocycles. The van der Waals surface area contributed by atoms with E-state index < -0.39 is 21.8 Å². The van der Waals surface area contributed by atoms with Crippen molar-refractivity contribution in [1.29, 1.82) is 0 Å². The van der Waals surface area contributed by atoms with Crippen molar-refractivity contribution in [2.24, 2.45) is 0 Å². The van der Waals surface area contributed by atoms with E-state index in [4.69, 9.17) is 16.3 Å². The molecular weight excluding hydrogens is 359 g/mol. The van der Waals surface area contributed by atoms with Gasteiger partial charge in [-0.25, -0.2) is 13.4 Å². The van der Waals surface area contributed by atoms with Gasteiger partial charge in [0.15, 0.2) is 0 Å². The molecule has 23 heavy (non-hydrogen) atoms. The molecule has 0 unspecified atom stereocenters. The molecule has 0 saturated carbocycles. The molecule has 2 rings (SSSR count). The van der Waals surface area contributed by atoms with Gasteiger partial charge < -0.3 is 10.1 Å². The fourth-order valence-corrected chi connectivity index (χ4v) is 3.53. The summed E-state index contributed by atoms with van der Waals surface area (Å²) in [6, 6.07) is 0.743. The topological polar surface area (TPSA) is 71.5 Å². The van der Waals surface area contributed by atoms with Crippen LogP contribution in [0, 0.1) is 0 Å². The van der Waals surface area contributed by atoms with Crippen LogP contribution in [0.15, 0.2) is 12.3 Å². The molecule has 2 heterocycles. The zero-order valence-corrected chi connectivity index (χ0v) is 13.5. The summed E-state index contributed by atoms with van der Waals surface area (Å²) in [5.74, 6) is -0.205. The maximum atomic E-state index is 12.5. The van der Waals surface area contributed by atoms with Crippen LogP contribution in [0.25, 0.3) is 0 Å². The number of halogens is 4. The maximum absolute atomic E-state index is 12.5. The molecule has 0 amide bonds. The average Bonchev–Trinajstić information content (AvgIpc) is 2.48. The van der Waals surface area contributed by atoms with Gasteiger partial charge in [0.05, 0.1) is 29.6 Å². The van der Waals surface area contributed by atoms with Crippen molar-refractivity contribution in [1.82, 2.24) is 9.29 Å². The molecule has 0 atom stereocenters. The maximum Gasteiger partial charge on any atom is 0.417 e. The smallest absolute Gasteiger partial charge is 0.379 e. The molecule has 1 saturated heterocycles. The summed E-state index contributed by atoms with van der Waals surface area (Å²) >= 11 is 5.73. The Balaban J connectivity index is 1.93. The first kappa shape index (κ1) is 18.2. The lowest BCUT2D eigenvalue weighted by Crippen LogP contribution is -2.42. The molecule has 1 fully saturated rings. The molecule has 0 radical (unpaired) electrons. The molecule has 11 heteroatoms. The minimum absolute atomic E-state index is 0.0110. The Morgan fingerprint density at radius 2 is 2.00 bits per heavy atom. The predicted molar refractivity (Wildman–Crippen MR) is 78.9 cm³/mol. The summed E-state index contributed by atoms with van der Waals surface area (Å²) in [5, 5.41) is 2.42. The molecule has 6 nitrogen and oxygen atoms in total. The van der Waals surface area contributed by atoms with Crippen LogP contribution in [0.2, 0.25) is 5.02 Å². The lowest BCUT2D eigenvalue weighted by molar-refractivity contribution is -0.137.